The molecular weight excluding hydrogens is 346 g/mol. The average molecular weight is 373 g/mol. The smallest absolute Gasteiger partial charge is 0.248 e. The second-order valence-corrected chi connectivity index (χ2v) is 7.53. The predicted molar refractivity (Wildman–Crippen MR) is 101 cm³/mol. The molecule has 0 radical (unpaired) electrons. The second kappa shape index (κ2) is 8.79. The maximum atomic E-state index is 12.1. The quantitative estimate of drug-likeness (QED) is 0.561. The summed E-state index contributed by atoms with van der Waals surface area (Å²) in [5.41, 5.74) is 0.399. The van der Waals surface area contributed by atoms with Crippen molar-refractivity contribution in [1.29, 1.82) is 0 Å². The van der Waals surface area contributed by atoms with Crippen LogP contribution in [0.2, 0.25) is 0 Å². The number of hydrogen-bond acceptors (Lipinski definition) is 6. The Morgan fingerprint density at radius 2 is 2.04 bits per heavy atom. The Balaban J connectivity index is 1.75. The van der Waals surface area contributed by atoms with Gasteiger partial charge in [0.05, 0.1) is 6.61 Å². The van der Waals surface area contributed by atoms with Gasteiger partial charge in [0, 0.05) is 17.4 Å². The molecule has 7 nitrogen and oxygen atoms in total. The van der Waals surface area contributed by atoms with Gasteiger partial charge in [0.2, 0.25) is 11.8 Å². The highest BCUT2D eigenvalue weighted by Crippen LogP contribution is 2.20. The van der Waals surface area contributed by atoms with E-state index in [1.807, 2.05) is 27.7 Å². The number of ketones is 1. The number of nitrogens with zero attached hydrogens (tertiary/aromatic N) is 2. The van der Waals surface area contributed by atoms with E-state index in [0.717, 1.165) is 0 Å². The average Bonchev–Trinajstić information content (AvgIpc) is 3.09. The molecule has 0 bridgehead atoms. The molecule has 27 heavy (non-hydrogen) atoms. The van der Waals surface area contributed by atoms with E-state index in [1.54, 1.807) is 24.3 Å². The minimum Gasteiger partial charge on any atom is -0.494 e. The van der Waals surface area contributed by atoms with E-state index in [-0.39, 0.29) is 23.1 Å². The maximum absolute atomic E-state index is 12.1. The van der Waals surface area contributed by atoms with Crippen LogP contribution in [0, 0.1) is 0 Å². The molecule has 0 saturated heterocycles. The highest BCUT2D eigenvalue weighted by molar-refractivity contribution is 5.94. The van der Waals surface area contributed by atoms with Gasteiger partial charge in [0.15, 0.2) is 11.6 Å². The van der Waals surface area contributed by atoms with Crippen LogP contribution in [0.25, 0.3) is 0 Å². The lowest BCUT2D eigenvalue weighted by Gasteiger charge is -2.12. The molecule has 0 fully saturated rings. The highest BCUT2D eigenvalue weighted by atomic mass is 16.5. The van der Waals surface area contributed by atoms with Crippen LogP contribution in [0.15, 0.2) is 28.8 Å². The number of benzene rings is 1. The summed E-state index contributed by atoms with van der Waals surface area (Å²) in [5.74, 6) is 1.51. The molecule has 1 heterocycles. The summed E-state index contributed by atoms with van der Waals surface area (Å²) in [6.45, 7) is 9.70. The maximum Gasteiger partial charge on any atom is 0.248 e. The molecule has 0 aliphatic carbocycles. The molecule has 0 unspecified atom stereocenters. The number of nitrogens with one attached hydrogen (secondary N) is 1. The van der Waals surface area contributed by atoms with Crippen molar-refractivity contribution in [2.75, 3.05) is 6.61 Å². The normalized spacial score (nSPS) is 12.5. The monoisotopic (exact) mass is 373 g/mol. The summed E-state index contributed by atoms with van der Waals surface area (Å²) in [7, 11) is 0. The molecule has 0 saturated carbocycles. The van der Waals surface area contributed by atoms with E-state index in [9.17, 15) is 9.59 Å². The molecule has 2 rings (SSSR count). The summed E-state index contributed by atoms with van der Waals surface area (Å²) in [6, 6.07) is 6.65. The first-order chi connectivity index (χ1) is 12.7. The van der Waals surface area contributed by atoms with E-state index in [2.05, 4.69) is 15.5 Å². The van der Waals surface area contributed by atoms with E-state index in [0.29, 0.717) is 42.5 Å². The SMILES string of the molecule is CC(=O)c1cccc(OCCCC(=O)N[C@@H](C)c2nc(C(C)(C)C)no2)c1. The molecule has 1 atom stereocenters. The molecule has 1 amide bonds. The fourth-order valence-electron chi connectivity index (χ4n) is 2.32. The minimum atomic E-state index is -0.353. The third-order valence-corrected chi connectivity index (χ3v) is 3.92. The summed E-state index contributed by atoms with van der Waals surface area (Å²) < 4.78 is 10.8. The van der Waals surface area contributed by atoms with E-state index in [4.69, 9.17) is 9.26 Å². The van der Waals surface area contributed by atoms with Crippen molar-refractivity contribution < 1.29 is 18.8 Å². The van der Waals surface area contributed by atoms with Crippen LogP contribution in [0.4, 0.5) is 0 Å². The van der Waals surface area contributed by atoms with Crippen LogP contribution in [0.1, 0.15) is 75.6 Å². The van der Waals surface area contributed by atoms with E-state index >= 15 is 0 Å². The number of carbonyl (C=O) groups excluding carboxylic acids is 2. The Bertz CT molecular complexity index is 793. The molecular formula is C20H27N3O4. The highest BCUT2D eigenvalue weighted by Gasteiger charge is 2.23. The van der Waals surface area contributed by atoms with Crippen LogP contribution in [0.3, 0.4) is 0 Å². The molecule has 7 heteroatoms. The molecule has 146 valence electrons. The molecule has 2 aromatic rings. The first-order valence-corrected chi connectivity index (χ1v) is 9.04. The van der Waals surface area contributed by atoms with Crippen LogP contribution in [0.5, 0.6) is 5.75 Å². The van der Waals surface area contributed by atoms with Gasteiger partial charge in [-0.05, 0) is 32.4 Å². The Morgan fingerprint density at radius 1 is 1.30 bits per heavy atom. The number of amides is 1. The standard InChI is InChI=1S/C20H27N3O4/c1-13(18-22-19(23-27-18)20(3,4)5)21-17(25)10-7-11-26-16-9-6-8-15(12-16)14(2)24/h6,8-9,12-13H,7,10-11H2,1-5H3,(H,21,25)/t13-/m0/s1. The molecule has 0 aliphatic rings. The predicted octanol–water partition coefficient (Wildman–Crippen LogP) is 3.61. The number of ether oxygens (including phenoxy) is 1. The zero-order valence-electron chi connectivity index (χ0n) is 16.5. The van der Waals surface area contributed by atoms with Crippen LogP contribution in [-0.4, -0.2) is 28.4 Å². The van der Waals surface area contributed by atoms with E-state index < -0.39 is 0 Å². The third-order valence-electron chi connectivity index (χ3n) is 3.92. The lowest BCUT2D eigenvalue weighted by molar-refractivity contribution is -0.122. The summed E-state index contributed by atoms with van der Waals surface area (Å²) >= 11 is 0. The van der Waals surface area contributed by atoms with Crippen molar-refractivity contribution in [3.05, 3.63) is 41.5 Å². The van der Waals surface area contributed by atoms with Crippen LogP contribution >= 0.6 is 0 Å². The van der Waals surface area contributed by atoms with Gasteiger partial charge in [0.25, 0.3) is 0 Å². The molecule has 0 aliphatic heterocycles. The first-order valence-electron chi connectivity index (χ1n) is 9.04. The Kier molecular flexibility index (Phi) is 6.71. The molecule has 1 N–H and O–H groups in total. The lowest BCUT2D eigenvalue weighted by Crippen LogP contribution is -2.27. The van der Waals surface area contributed by atoms with Gasteiger partial charge in [-0.15, -0.1) is 0 Å². The minimum absolute atomic E-state index is 0.00976. The van der Waals surface area contributed by atoms with E-state index in [1.165, 1.54) is 6.92 Å². The Morgan fingerprint density at radius 3 is 2.67 bits per heavy atom. The second-order valence-electron chi connectivity index (χ2n) is 7.53. The topological polar surface area (TPSA) is 94.3 Å². The fourth-order valence-corrected chi connectivity index (χ4v) is 2.32. The van der Waals surface area contributed by atoms with Crippen molar-refractivity contribution in [2.45, 2.75) is 58.9 Å². The van der Waals surface area contributed by atoms with Crippen molar-refractivity contribution in [3.63, 3.8) is 0 Å². The molecule has 1 aromatic carbocycles. The van der Waals surface area contributed by atoms with Gasteiger partial charge in [0.1, 0.15) is 11.8 Å². The lowest BCUT2D eigenvalue weighted by atomic mass is 9.96. The van der Waals surface area contributed by atoms with Crippen molar-refractivity contribution in [2.24, 2.45) is 0 Å². The van der Waals surface area contributed by atoms with Crippen LogP contribution < -0.4 is 10.1 Å². The zero-order chi connectivity index (χ0) is 20.0. The number of rotatable bonds is 8. The van der Waals surface area contributed by atoms with Crippen molar-refractivity contribution in [1.82, 2.24) is 15.5 Å². The van der Waals surface area contributed by atoms with Gasteiger partial charge in [-0.2, -0.15) is 4.98 Å². The summed E-state index contributed by atoms with van der Waals surface area (Å²) in [4.78, 5) is 27.8. The number of carbonyl (C=O) groups is 2. The van der Waals surface area contributed by atoms with Gasteiger partial charge in [-0.1, -0.05) is 38.1 Å². The third kappa shape index (κ3) is 6.20. The number of aromatic nitrogens is 2. The molecule has 1 aromatic heterocycles. The van der Waals surface area contributed by atoms with Gasteiger partial charge in [-0.3, -0.25) is 9.59 Å². The zero-order valence-corrected chi connectivity index (χ0v) is 16.5. The van der Waals surface area contributed by atoms with Crippen molar-refractivity contribution in [3.8, 4) is 5.75 Å². The van der Waals surface area contributed by atoms with Gasteiger partial charge >= 0.3 is 0 Å². The van der Waals surface area contributed by atoms with Crippen LogP contribution in [-0.2, 0) is 10.2 Å². The summed E-state index contributed by atoms with van der Waals surface area (Å²) in [5, 5.41) is 6.81. The van der Waals surface area contributed by atoms with Gasteiger partial charge in [-0.25, -0.2) is 0 Å². The largest absolute Gasteiger partial charge is 0.494 e. The Hall–Kier alpha value is -2.70. The number of hydrogen-bond donors (Lipinski definition) is 1. The Labute approximate surface area is 159 Å². The first kappa shape index (κ1) is 20.6. The molecule has 0 spiro atoms. The number of Topliss-reactive ketones (excluding diaryl/α,β-unsaturated/α-hetero) is 1. The fraction of sp³-hybridized carbons (Fsp3) is 0.500. The van der Waals surface area contributed by atoms with Gasteiger partial charge < -0.3 is 14.6 Å². The summed E-state index contributed by atoms with van der Waals surface area (Å²) in [6.07, 6.45) is 0.872. The van der Waals surface area contributed by atoms with Crippen molar-refractivity contribution >= 4 is 11.7 Å².